The van der Waals surface area contributed by atoms with E-state index >= 15 is 0 Å². The first-order valence-electron chi connectivity index (χ1n) is 7.06. The maximum Gasteiger partial charge on any atom is 0.0808 e. The summed E-state index contributed by atoms with van der Waals surface area (Å²) in [4.78, 5) is 0. The van der Waals surface area contributed by atoms with Crippen molar-refractivity contribution in [2.75, 3.05) is 13.2 Å². The highest BCUT2D eigenvalue weighted by Crippen LogP contribution is 2.36. The molecule has 0 aromatic heterocycles. The van der Waals surface area contributed by atoms with Gasteiger partial charge in [0.15, 0.2) is 0 Å². The molecule has 1 saturated heterocycles. The lowest BCUT2D eigenvalue weighted by Gasteiger charge is -2.39. The second kappa shape index (κ2) is 5.68. The van der Waals surface area contributed by atoms with Crippen LogP contribution in [-0.2, 0) is 9.47 Å². The third-order valence-corrected chi connectivity index (χ3v) is 4.16. The van der Waals surface area contributed by atoms with Crippen LogP contribution >= 0.6 is 0 Å². The Labute approximate surface area is 105 Å². The molecule has 3 heteroatoms. The molecule has 3 unspecified atom stereocenters. The van der Waals surface area contributed by atoms with Gasteiger partial charge in [-0.2, -0.15) is 0 Å². The summed E-state index contributed by atoms with van der Waals surface area (Å²) < 4.78 is 11.7. The highest BCUT2D eigenvalue weighted by molar-refractivity contribution is 4.88. The van der Waals surface area contributed by atoms with Crippen LogP contribution in [0.2, 0.25) is 0 Å². The summed E-state index contributed by atoms with van der Waals surface area (Å²) in [6.45, 7) is 6.25. The smallest absolute Gasteiger partial charge is 0.0808 e. The normalized spacial score (nSPS) is 37.9. The van der Waals surface area contributed by atoms with Gasteiger partial charge < -0.3 is 15.2 Å². The predicted octanol–water partition coefficient (Wildman–Crippen LogP) is 2.48. The van der Waals surface area contributed by atoms with Crippen molar-refractivity contribution in [3.63, 3.8) is 0 Å². The molecule has 0 radical (unpaired) electrons. The SMILES string of the molecule is CC1(C)CCC(N)C(OCC2CCCCO2)C1. The van der Waals surface area contributed by atoms with E-state index in [1.165, 1.54) is 19.3 Å². The molecule has 3 atom stereocenters. The molecule has 1 aliphatic heterocycles. The van der Waals surface area contributed by atoms with Crippen LogP contribution in [0.1, 0.15) is 52.4 Å². The molecule has 0 aromatic rings. The molecule has 2 aliphatic rings. The minimum atomic E-state index is 0.214. The summed E-state index contributed by atoms with van der Waals surface area (Å²) in [6.07, 6.45) is 7.54. The van der Waals surface area contributed by atoms with Gasteiger partial charge in [-0.1, -0.05) is 13.8 Å². The first-order chi connectivity index (χ1) is 8.07. The summed E-state index contributed by atoms with van der Waals surface area (Å²) in [5, 5.41) is 0. The standard InChI is InChI=1S/C14H27NO2/c1-14(2)7-6-12(15)13(9-14)17-10-11-5-3-4-8-16-11/h11-13H,3-10,15H2,1-2H3. The molecule has 1 heterocycles. The highest BCUT2D eigenvalue weighted by atomic mass is 16.5. The lowest BCUT2D eigenvalue weighted by Crippen LogP contribution is -2.45. The fraction of sp³-hybridized carbons (Fsp3) is 1.00. The molecule has 0 bridgehead atoms. The zero-order chi connectivity index (χ0) is 12.3. The Morgan fingerprint density at radius 3 is 2.82 bits per heavy atom. The summed E-state index contributed by atoms with van der Waals surface area (Å²) in [7, 11) is 0. The van der Waals surface area contributed by atoms with Crippen LogP contribution in [0.5, 0.6) is 0 Å². The number of hydrogen-bond donors (Lipinski definition) is 1. The Morgan fingerprint density at radius 2 is 2.12 bits per heavy atom. The summed E-state index contributed by atoms with van der Waals surface area (Å²) in [6, 6.07) is 0.214. The minimum absolute atomic E-state index is 0.214. The molecule has 0 spiro atoms. The van der Waals surface area contributed by atoms with Gasteiger partial charge in [0.25, 0.3) is 0 Å². The largest absolute Gasteiger partial charge is 0.376 e. The fourth-order valence-corrected chi connectivity index (χ4v) is 2.89. The average Bonchev–Trinajstić information content (AvgIpc) is 2.32. The Hall–Kier alpha value is -0.120. The van der Waals surface area contributed by atoms with Crippen molar-refractivity contribution < 1.29 is 9.47 Å². The summed E-state index contributed by atoms with van der Waals surface area (Å²) in [5.41, 5.74) is 6.53. The topological polar surface area (TPSA) is 44.5 Å². The number of nitrogens with two attached hydrogens (primary N) is 1. The Bertz CT molecular complexity index is 236. The van der Waals surface area contributed by atoms with Gasteiger partial charge in [0.05, 0.1) is 18.8 Å². The zero-order valence-electron chi connectivity index (χ0n) is 11.3. The van der Waals surface area contributed by atoms with E-state index in [4.69, 9.17) is 15.2 Å². The van der Waals surface area contributed by atoms with E-state index in [1.807, 2.05) is 0 Å². The van der Waals surface area contributed by atoms with Gasteiger partial charge in [-0.3, -0.25) is 0 Å². The van der Waals surface area contributed by atoms with Gasteiger partial charge in [0.1, 0.15) is 0 Å². The van der Waals surface area contributed by atoms with Crippen LogP contribution in [0.15, 0.2) is 0 Å². The molecule has 1 aliphatic carbocycles. The molecule has 1 saturated carbocycles. The van der Waals surface area contributed by atoms with Crippen LogP contribution in [0.3, 0.4) is 0 Å². The van der Waals surface area contributed by atoms with Gasteiger partial charge in [-0.15, -0.1) is 0 Å². The molecule has 100 valence electrons. The van der Waals surface area contributed by atoms with Gasteiger partial charge in [-0.25, -0.2) is 0 Å². The Balaban J connectivity index is 1.76. The third-order valence-electron chi connectivity index (χ3n) is 4.16. The molecule has 17 heavy (non-hydrogen) atoms. The molecule has 2 N–H and O–H groups in total. The average molecular weight is 241 g/mol. The predicted molar refractivity (Wildman–Crippen MR) is 68.9 cm³/mol. The molecular formula is C14H27NO2. The van der Waals surface area contributed by atoms with Crippen molar-refractivity contribution in [2.45, 2.75) is 70.6 Å². The van der Waals surface area contributed by atoms with Crippen molar-refractivity contribution in [2.24, 2.45) is 11.1 Å². The third kappa shape index (κ3) is 3.94. The lowest BCUT2D eigenvalue weighted by molar-refractivity contribution is -0.0860. The Morgan fingerprint density at radius 1 is 1.29 bits per heavy atom. The van der Waals surface area contributed by atoms with E-state index in [2.05, 4.69) is 13.8 Å². The van der Waals surface area contributed by atoms with Crippen molar-refractivity contribution in [3.8, 4) is 0 Å². The van der Waals surface area contributed by atoms with Gasteiger partial charge >= 0.3 is 0 Å². The first-order valence-corrected chi connectivity index (χ1v) is 7.06. The van der Waals surface area contributed by atoms with Crippen LogP contribution < -0.4 is 5.73 Å². The number of hydrogen-bond acceptors (Lipinski definition) is 3. The molecule has 0 amide bonds. The monoisotopic (exact) mass is 241 g/mol. The second-order valence-corrected chi connectivity index (χ2v) is 6.43. The second-order valence-electron chi connectivity index (χ2n) is 6.43. The maximum atomic E-state index is 6.15. The van der Waals surface area contributed by atoms with Crippen LogP contribution in [0, 0.1) is 5.41 Å². The van der Waals surface area contributed by atoms with Crippen molar-refractivity contribution in [1.82, 2.24) is 0 Å². The van der Waals surface area contributed by atoms with Crippen molar-refractivity contribution in [3.05, 3.63) is 0 Å². The number of ether oxygens (including phenoxy) is 2. The quantitative estimate of drug-likeness (QED) is 0.825. The maximum absolute atomic E-state index is 6.15. The van der Waals surface area contributed by atoms with Crippen LogP contribution in [0.25, 0.3) is 0 Å². The van der Waals surface area contributed by atoms with E-state index in [9.17, 15) is 0 Å². The molecule has 3 nitrogen and oxygen atoms in total. The molecule has 2 rings (SSSR count). The van der Waals surface area contributed by atoms with E-state index in [0.717, 1.165) is 32.5 Å². The molecular weight excluding hydrogens is 214 g/mol. The van der Waals surface area contributed by atoms with Crippen molar-refractivity contribution in [1.29, 1.82) is 0 Å². The summed E-state index contributed by atoms with van der Waals surface area (Å²) in [5.74, 6) is 0. The van der Waals surface area contributed by atoms with E-state index < -0.39 is 0 Å². The summed E-state index contributed by atoms with van der Waals surface area (Å²) >= 11 is 0. The molecule has 0 aromatic carbocycles. The van der Waals surface area contributed by atoms with Gasteiger partial charge in [0, 0.05) is 12.6 Å². The van der Waals surface area contributed by atoms with Gasteiger partial charge in [-0.05, 0) is 43.9 Å². The number of rotatable bonds is 3. The van der Waals surface area contributed by atoms with E-state index in [0.29, 0.717) is 11.5 Å². The van der Waals surface area contributed by atoms with E-state index in [-0.39, 0.29) is 12.1 Å². The highest BCUT2D eigenvalue weighted by Gasteiger charge is 2.34. The first kappa shape index (κ1) is 13.3. The minimum Gasteiger partial charge on any atom is -0.376 e. The van der Waals surface area contributed by atoms with Gasteiger partial charge in [0.2, 0.25) is 0 Å². The molecule has 2 fully saturated rings. The Kier molecular flexibility index (Phi) is 4.45. The van der Waals surface area contributed by atoms with E-state index in [1.54, 1.807) is 0 Å². The fourth-order valence-electron chi connectivity index (χ4n) is 2.89. The van der Waals surface area contributed by atoms with Crippen molar-refractivity contribution >= 4 is 0 Å². The van der Waals surface area contributed by atoms with Crippen LogP contribution in [0.4, 0.5) is 0 Å². The lowest BCUT2D eigenvalue weighted by atomic mass is 9.74. The zero-order valence-corrected chi connectivity index (χ0v) is 11.3. The van der Waals surface area contributed by atoms with Crippen LogP contribution in [-0.4, -0.2) is 31.5 Å².